The third-order valence-electron chi connectivity index (χ3n) is 4.75. The number of pyridine rings is 1. The number of amides is 1. The van der Waals surface area contributed by atoms with Gasteiger partial charge in [0, 0.05) is 39.2 Å². The van der Waals surface area contributed by atoms with Crippen LogP contribution >= 0.6 is 15.9 Å². The molecule has 5 rings (SSSR count). The van der Waals surface area contributed by atoms with E-state index >= 15 is 0 Å². The predicted molar refractivity (Wildman–Crippen MR) is 122 cm³/mol. The number of hydrogen-bond donors (Lipinski definition) is 1. The molecule has 0 aliphatic carbocycles. The number of nitrogens with one attached hydrogen (secondary N) is 1. The number of aromatic nitrogens is 5. The van der Waals surface area contributed by atoms with Crippen molar-refractivity contribution < 1.29 is 4.79 Å². The predicted octanol–water partition coefficient (Wildman–Crippen LogP) is 4.87. The summed E-state index contributed by atoms with van der Waals surface area (Å²) in [7, 11) is 0. The van der Waals surface area contributed by atoms with Crippen LogP contribution in [0.3, 0.4) is 0 Å². The third-order valence-corrected chi connectivity index (χ3v) is 5.27. The molecular formula is C23H15BrN6O. The molecule has 31 heavy (non-hydrogen) atoms. The average Bonchev–Trinajstić information content (AvgIpc) is 3.24. The number of benzene rings is 2. The molecule has 0 saturated carbocycles. The molecule has 0 spiro atoms. The van der Waals surface area contributed by atoms with Crippen LogP contribution in [0.25, 0.3) is 28.3 Å². The quantitative estimate of drug-likeness (QED) is 0.405. The van der Waals surface area contributed by atoms with Gasteiger partial charge in [0.1, 0.15) is 0 Å². The lowest BCUT2D eigenvalue weighted by molar-refractivity contribution is 0.102. The molecule has 7 nitrogen and oxygen atoms in total. The van der Waals surface area contributed by atoms with Crippen LogP contribution in [0.2, 0.25) is 0 Å². The van der Waals surface area contributed by atoms with Crippen LogP contribution in [-0.4, -0.2) is 30.7 Å². The maximum absolute atomic E-state index is 12.4. The summed E-state index contributed by atoms with van der Waals surface area (Å²) in [4.78, 5) is 16.5. The molecule has 0 aliphatic rings. The fourth-order valence-corrected chi connectivity index (χ4v) is 3.42. The Bertz CT molecular complexity index is 1370. The Morgan fingerprint density at radius 2 is 1.55 bits per heavy atom. The summed E-state index contributed by atoms with van der Waals surface area (Å²) in [5.74, 6) is 0.490. The fourth-order valence-electron chi connectivity index (χ4n) is 3.15. The van der Waals surface area contributed by atoms with E-state index in [1.165, 1.54) is 0 Å². The smallest absolute Gasteiger partial charge is 0.255 e. The minimum atomic E-state index is -0.161. The Kier molecular flexibility index (Phi) is 4.97. The van der Waals surface area contributed by atoms with E-state index in [9.17, 15) is 4.79 Å². The lowest BCUT2D eigenvalue weighted by Crippen LogP contribution is -2.11. The molecule has 0 radical (unpaired) electrons. The lowest BCUT2D eigenvalue weighted by Gasteiger charge is -2.07. The summed E-state index contributed by atoms with van der Waals surface area (Å²) >= 11 is 3.37. The minimum Gasteiger partial charge on any atom is -0.322 e. The molecule has 8 heteroatoms. The van der Waals surface area contributed by atoms with E-state index in [1.54, 1.807) is 29.0 Å². The van der Waals surface area contributed by atoms with Gasteiger partial charge in [0.05, 0.1) is 5.69 Å². The van der Waals surface area contributed by atoms with Gasteiger partial charge in [0.15, 0.2) is 11.5 Å². The van der Waals surface area contributed by atoms with E-state index in [-0.39, 0.29) is 5.91 Å². The number of carbonyl (C=O) groups excluding carboxylic acids is 1. The maximum Gasteiger partial charge on any atom is 0.255 e. The highest BCUT2D eigenvalue weighted by Gasteiger charge is 2.11. The Morgan fingerprint density at radius 3 is 2.29 bits per heavy atom. The van der Waals surface area contributed by atoms with Crippen LogP contribution in [0.1, 0.15) is 10.4 Å². The summed E-state index contributed by atoms with van der Waals surface area (Å²) in [5, 5.41) is 16.1. The molecule has 0 fully saturated rings. The van der Waals surface area contributed by atoms with Crippen LogP contribution in [-0.2, 0) is 0 Å². The average molecular weight is 471 g/mol. The van der Waals surface area contributed by atoms with Crippen molar-refractivity contribution in [2.24, 2.45) is 0 Å². The van der Waals surface area contributed by atoms with E-state index in [0.29, 0.717) is 22.7 Å². The second-order valence-corrected chi connectivity index (χ2v) is 7.70. The summed E-state index contributed by atoms with van der Waals surface area (Å²) in [6.45, 7) is 0. The van der Waals surface area contributed by atoms with Crippen molar-refractivity contribution >= 4 is 33.2 Å². The Morgan fingerprint density at radius 1 is 0.806 bits per heavy atom. The zero-order valence-corrected chi connectivity index (χ0v) is 17.7. The fraction of sp³-hybridized carbons (Fsp3) is 0. The molecule has 1 amide bonds. The second kappa shape index (κ2) is 8.08. The van der Waals surface area contributed by atoms with Crippen LogP contribution in [0.5, 0.6) is 0 Å². The van der Waals surface area contributed by atoms with E-state index in [1.807, 2.05) is 60.7 Å². The molecule has 5 aromatic rings. The largest absolute Gasteiger partial charge is 0.322 e. The van der Waals surface area contributed by atoms with Crippen molar-refractivity contribution in [1.82, 2.24) is 24.8 Å². The molecule has 150 valence electrons. The van der Waals surface area contributed by atoms with Crippen molar-refractivity contribution in [3.05, 3.63) is 95.2 Å². The number of rotatable bonds is 4. The summed E-state index contributed by atoms with van der Waals surface area (Å²) < 4.78 is 2.64. The maximum atomic E-state index is 12.4. The van der Waals surface area contributed by atoms with Crippen molar-refractivity contribution in [3.63, 3.8) is 0 Å². The van der Waals surface area contributed by atoms with Gasteiger partial charge in [-0.1, -0.05) is 28.1 Å². The van der Waals surface area contributed by atoms with Gasteiger partial charge >= 0.3 is 0 Å². The number of nitrogens with zero attached hydrogens (tertiary/aromatic N) is 5. The first-order chi connectivity index (χ1) is 15.2. The molecule has 0 bridgehead atoms. The van der Waals surface area contributed by atoms with Gasteiger partial charge in [0.25, 0.3) is 5.91 Å². The van der Waals surface area contributed by atoms with Crippen molar-refractivity contribution in [1.29, 1.82) is 0 Å². The van der Waals surface area contributed by atoms with E-state index in [4.69, 9.17) is 5.10 Å². The monoisotopic (exact) mass is 470 g/mol. The highest BCUT2D eigenvalue weighted by Crippen LogP contribution is 2.23. The van der Waals surface area contributed by atoms with Crippen LogP contribution in [0.15, 0.2) is 89.7 Å². The van der Waals surface area contributed by atoms with Crippen LogP contribution < -0.4 is 5.32 Å². The normalized spacial score (nSPS) is 10.9. The minimum absolute atomic E-state index is 0.161. The summed E-state index contributed by atoms with van der Waals surface area (Å²) in [6.07, 6.45) is 3.42. The lowest BCUT2D eigenvalue weighted by atomic mass is 10.1. The van der Waals surface area contributed by atoms with E-state index in [0.717, 1.165) is 21.3 Å². The van der Waals surface area contributed by atoms with Gasteiger partial charge in [-0.15, -0.1) is 10.2 Å². The molecule has 0 unspecified atom stereocenters. The summed E-state index contributed by atoms with van der Waals surface area (Å²) in [5.41, 5.74) is 4.54. The van der Waals surface area contributed by atoms with E-state index < -0.39 is 0 Å². The zero-order valence-electron chi connectivity index (χ0n) is 16.1. The first kappa shape index (κ1) is 19.1. The highest BCUT2D eigenvalue weighted by molar-refractivity contribution is 9.10. The number of anilines is 1. The molecule has 0 saturated heterocycles. The van der Waals surface area contributed by atoms with Gasteiger partial charge in [-0.05, 0) is 60.7 Å². The molecule has 2 aromatic carbocycles. The van der Waals surface area contributed by atoms with Gasteiger partial charge in [0.2, 0.25) is 0 Å². The standard InChI is InChI=1S/C23H15BrN6O/c24-18-5-1-17(2-6-18)23(31)26-19-7-3-15(4-8-19)20-9-10-21-27-28-22(30(21)29-20)16-11-13-25-14-12-16/h1-14H,(H,26,31). The van der Waals surface area contributed by atoms with Gasteiger partial charge in [-0.25, -0.2) is 0 Å². The molecule has 0 aliphatic heterocycles. The molecule has 3 aromatic heterocycles. The molecule has 3 heterocycles. The first-order valence-electron chi connectivity index (χ1n) is 9.47. The topological polar surface area (TPSA) is 85.1 Å². The van der Waals surface area contributed by atoms with Gasteiger partial charge in [-0.2, -0.15) is 9.61 Å². The van der Waals surface area contributed by atoms with Crippen molar-refractivity contribution in [2.45, 2.75) is 0 Å². The third kappa shape index (κ3) is 3.93. The Balaban J connectivity index is 1.40. The summed E-state index contributed by atoms with van der Waals surface area (Å²) in [6, 6.07) is 22.3. The zero-order chi connectivity index (χ0) is 21.2. The van der Waals surface area contributed by atoms with Gasteiger partial charge < -0.3 is 5.32 Å². The Labute approximate surface area is 185 Å². The number of carbonyl (C=O) groups is 1. The van der Waals surface area contributed by atoms with Gasteiger partial charge in [-0.3, -0.25) is 9.78 Å². The molecular weight excluding hydrogens is 456 g/mol. The van der Waals surface area contributed by atoms with E-state index in [2.05, 4.69) is 36.4 Å². The van der Waals surface area contributed by atoms with Crippen LogP contribution in [0.4, 0.5) is 5.69 Å². The SMILES string of the molecule is O=C(Nc1ccc(-c2ccc3nnc(-c4ccncc4)n3n2)cc1)c1ccc(Br)cc1. The molecule has 0 atom stereocenters. The number of hydrogen-bond acceptors (Lipinski definition) is 5. The first-order valence-corrected chi connectivity index (χ1v) is 10.3. The highest BCUT2D eigenvalue weighted by atomic mass is 79.9. The Hall–Kier alpha value is -3.91. The van der Waals surface area contributed by atoms with Crippen LogP contribution in [0, 0.1) is 0 Å². The van der Waals surface area contributed by atoms with Crippen molar-refractivity contribution in [3.8, 4) is 22.6 Å². The molecule has 1 N–H and O–H groups in total. The number of fused-ring (bicyclic) bond motifs is 1. The second-order valence-electron chi connectivity index (χ2n) is 6.79. The van der Waals surface area contributed by atoms with Crippen molar-refractivity contribution in [2.75, 3.05) is 5.32 Å². The number of halogens is 1.